The molecule has 0 aliphatic rings. The lowest BCUT2D eigenvalue weighted by atomic mass is 10.5. The SMILES string of the molecule is COc1ccc(=O)[nH]c1Cl. The van der Waals surface area contributed by atoms with Crippen LogP contribution in [0.5, 0.6) is 5.75 Å². The normalized spacial score (nSPS) is 9.40. The first kappa shape index (κ1) is 7.15. The van der Waals surface area contributed by atoms with Crippen molar-refractivity contribution in [2.45, 2.75) is 0 Å². The molecule has 1 rings (SSSR count). The standard InChI is InChI=1S/C6H6ClNO2/c1-10-4-2-3-5(9)8-6(4)7/h2-3H,1H3,(H,8,9). The second-order valence-electron chi connectivity index (χ2n) is 1.70. The van der Waals surface area contributed by atoms with Gasteiger partial charge in [0.05, 0.1) is 7.11 Å². The van der Waals surface area contributed by atoms with Crippen molar-refractivity contribution >= 4 is 11.6 Å². The molecule has 1 aromatic rings. The monoisotopic (exact) mass is 159 g/mol. The van der Waals surface area contributed by atoms with Crippen LogP contribution in [0.1, 0.15) is 0 Å². The van der Waals surface area contributed by atoms with Crippen LogP contribution in [0, 0.1) is 0 Å². The molecular formula is C6H6ClNO2. The quantitative estimate of drug-likeness (QED) is 0.622. The minimum atomic E-state index is -0.231. The minimum Gasteiger partial charge on any atom is -0.494 e. The van der Waals surface area contributed by atoms with Gasteiger partial charge in [-0.3, -0.25) is 4.79 Å². The van der Waals surface area contributed by atoms with E-state index in [2.05, 4.69) is 4.98 Å². The van der Waals surface area contributed by atoms with Crippen LogP contribution in [0.15, 0.2) is 16.9 Å². The molecule has 0 aromatic carbocycles. The number of methoxy groups -OCH3 is 1. The number of rotatable bonds is 1. The summed E-state index contributed by atoms with van der Waals surface area (Å²) in [5.74, 6) is 0.473. The Kier molecular flexibility index (Phi) is 1.97. The molecule has 0 amide bonds. The number of ether oxygens (including phenoxy) is 1. The van der Waals surface area contributed by atoms with Crippen molar-refractivity contribution in [3.05, 3.63) is 27.6 Å². The van der Waals surface area contributed by atoms with Gasteiger partial charge in [-0.05, 0) is 6.07 Å². The van der Waals surface area contributed by atoms with Crippen LogP contribution in [-0.4, -0.2) is 12.1 Å². The van der Waals surface area contributed by atoms with E-state index in [1.807, 2.05) is 0 Å². The van der Waals surface area contributed by atoms with Gasteiger partial charge in [-0.25, -0.2) is 0 Å². The summed E-state index contributed by atoms with van der Waals surface area (Å²) in [6.45, 7) is 0. The Morgan fingerprint density at radius 1 is 1.60 bits per heavy atom. The van der Waals surface area contributed by atoms with Crippen molar-refractivity contribution in [1.29, 1.82) is 0 Å². The molecule has 1 N–H and O–H groups in total. The van der Waals surface area contributed by atoms with Crippen LogP contribution in [0.3, 0.4) is 0 Å². The van der Waals surface area contributed by atoms with Crippen molar-refractivity contribution in [3.63, 3.8) is 0 Å². The lowest BCUT2D eigenvalue weighted by molar-refractivity contribution is 0.413. The molecule has 0 saturated heterocycles. The van der Waals surface area contributed by atoms with E-state index in [1.165, 1.54) is 19.2 Å². The van der Waals surface area contributed by atoms with Gasteiger partial charge < -0.3 is 9.72 Å². The number of aromatic amines is 1. The summed E-state index contributed by atoms with van der Waals surface area (Å²) in [4.78, 5) is 12.9. The Morgan fingerprint density at radius 3 is 2.80 bits per heavy atom. The predicted octanol–water partition coefficient (Wildman–Crippen LogP) is 1.04. The zero-order valence-electron chi connectivity index (χ0n) is 5.35. The number of aromatic nitrogens is 1. The van der Waals surface area contributed by atoms with E-state index in [9.17, 15) is 4.79 Å². The second-order valence-corrected chi connectivity index (χ2v) is 2.08. The first-order valence-corrected chi connectivity index (χ1v) is 3.04. The van der Waals surface area contributed by atoms with Crippen molar-refractivity contribution in [1.82, 2.24) is 4.98 Å². The molecule has 10 heavy (non-hydrogen) atoms. The van der Waals surface area contributed by atoms with Crippen molar-refractivity contribution in [3.8, 4) is 5.75 Å². The van der Waals surface area contributed by atoms with Crippen LogP contribution in [0.25, 0.3) is 0 Å². The maximum absolute atomic E-state index is 10.6. The van der Waals surface area contributed by atoms with Gasteiger partial charge in [0.25, 0.3) is 0 Å². The van der Waals surface area contributed by atoms with Crippen molar-refractivity contribution in [2.24, 2.45) is 0 Å². The molecular weight excluding hydrogens is 154 g/mol. The number of hydrogen-bond acceptors (Lipinski definition) is 2. The van der Waals surface area contributed by atoms with Gasteiger partial charge in [-0.15, -0.1) is 0 Å². The molecule has 0 spiro atoms. The van der Waals surface area contributed by atoms with E-state index < -0.39 is 0 Å². The van der Waals surface area contributed by atoms with Crippen LogP contribution >= 0.6 is 11.6 Å². The molecule has 4 heteroatoms. The van der Waals surface area contributed by atoms with E-state index >= 15 is 0 Å². The Balaban J connectivity index is 3.19. The Morgan fingerprint density at radius 2 is 2.30 bits per heavy atom. The molecule has 0 bridgehead atoms. The predicted molar refractivity (Wildman–Crippen MR) is 38.6 cm³/mol. The summed E-state index contributed by atoms with van der Waals surface area (Å²) in [5, 5.41) is 0.231. The Bertz CT molecular complexity index is 281. The molecule has 0 saturated carbocycles. The topological polar surface area (TPSA) is 42.1 Å². The Hall–Kier alpha value is -0.960. The average molecular weight is 160 g/mol. The summed E-state index contributed by atoms with van der Waals surface area (Å²) >= 11 is 5.55. The number of hydrogen-bond donors (Lipinski definition) is 1. The van der Waals surface area contributed by atoms with E-state index in [0.717, 1.165) is 0 Å². The van der Waals surface area contributed by atoms with Gasteiger partial charge in [0.1, 0.15) is 0 Å². The fourth-order valence-electron chi connectivity index (χ4n) is 0.594. The fraction of sp³-hybridized carbons (Fsp3) is 0.167. The molecule has 0 aliphatic carbocycles. The highest BCUT2D eigenvalue weighted by molar-refractivity contribution is 6.30. The number of pyridine rings is 1. The molecule has 3 nitrogen and oxygen atoms in total. The number of nitrogens with one attached hydrogen (secondary N) is 1. The van der Waals surface area contributed by atoms with Crippen LogP contribution in [-0.2, 0) is 0 Å². The molecule has 0 fully saturated rings. The first-order chi connectivity index (χ1) is 4.74. The van der Waals surface area contributed by atoms with Gasteiger partial charge in [-0.2, -0.15) is 0 Å². The molecule has 0 unspecified atom stereocenters. The number of halogens is 1. The molecule has 1 heterocycles. The van der Waals surface area contributed by atoms with Crippen molar-refractivity contribution in [2.75, 3.05) is 7.11 Å². The summed E-state index contributed by atoms with van der Waals surface area (Å²) in [7, 11) is 1.49. The zero-order chi connectivity index (χ0) is 7.56. The maximum Gasteiger partial charge on any atom is 0.249 e. The summed E-state index contributed by atoms with van der Waals surface area (Å²) in [6.07, 6.45) is 0. The van der Waals surface area contributed by atoms with Crippen LogP contribution in [0.2, 0.25) is 5.15 Å². The summed E-state index contributed by atoms with van der Waals surface area (Å²) < 4.78 is 4.80. The van der Waals surface area contributed by atoms with Gasteiger partial charge >= 0.3 is 0 Å². The molecule has 0 atom stereocenters. The van der Waals surface area contributed by atoms with Gasteiger partial charge in [0, 0.05) is 6.07 Å². The summed E-state index contributed by atoms with van der Waals surface area (Å²) in [6, 6.07) is 2.87. The molecule has 54 valence electrons. The summed E-state index contributed by atoms with van der Waals surface area (Å²) in [5.41, 5.74) is -0.231. The smallest absolute Gasteiger partial charge is 0.249 e. The van der Waals surface area contributed by atoms with Gasteiger partial charge in [0.15, 0.2) is 10.9 Å². The minimum absolute atomic E-state index is 0.231. The third kappa shape index (κ3) is 1.30. The third-order valence-corrected chi connectivity index (χ3v) is 1.34. The Labute approximate surface area is 62.6 Å². The lowest BCUT2D eigenvalue weighted by Gasteiger charge is -1.98. The zero-order valence-corrected chi connectivity index (χ0v) is 6.11. The lowest BCUT2D eigenvalue weighted by Crippen LogP contribution is -2.03. The van der Waals surface area contributed by atoms with E-state index in [1.54, 1.807) is 0 Å². The van der Waals surface area contributed by atoms with Gasteiger partial charge in [-0.1, -0.05) is 11.6 Å². The second kappa shape index (κ2) is 2.75. The van der Waals surface area contributed by atoms with Crippen LogP contribution < -0.4 is 10.3 Å². The molecule has 1 aromatic heterocycles. The maximum atomic E-state index is 10.6. The third-order valence-electron chi connectivity index (χ3n) is 1.06. The van der Waals surface area contributed by atoms with E-state index in [-0.39, 0.29) is 10.7 Å². The fourth-order valence-corrected chi connectivity index (χ4v) is 0.827. The average Bonchev–Trinajstić information content (AvgIpc) is 1.88. The van der Waals surface area contributed by atoms with Crippen LogP contribution in [0.4, 0.5) is 0 Å². The highest BCUT2D eigenvalue weighted by Crippen LogP contribution is 2.17. The van der Waals surface area contributed by atoms with Gasteiger partial charge in [0.2, 0.25) is 5.56 Å². The number of H-pyrrole nitrogens is 1. The highest BCUT2D eigenvalue weighted by atomic mass is 35.5. The van der Waals surface area contributed by atoms with E-state index in [0.29, 0.717) is 5.75 Å². The first-order valence-electron chi connectivity index (χ1n) is 2.67. The molecule has 0 radical (unpaired) electrons. The largest absolute Gasteiger partial charge is 0.494 e. The molecule has 0 aliphatic heterocycles. The van der Waals surface area contributed by atoms with Crippen molar-refractivity contribution < 1.29 is 4.74 Å². The highest BCUT2D eigenvalue weighted by Gasteiger charge is 1.97. The van der Waals surface area contributed by atoms with E-state index in [4.69, 9.17) is 16.3 Å².